The SMILES string of the molecule is O=C(CCC1CCNC1)Nc1cnn(-c2ccccc2)c1. The third kappa shape index (κ3) is 3.70. The summed E-state index contributed by atoms with van der Waals surface area (Å²) in [6.07, 6.45) is 6.22. The standard InChI is InChI=1S/C16H20N4O/c21-16(7-6-13-8-9-17-10-13)19-14-11-18-20(12-14)15-4-2-1-3-5-15/h1-5,11-13,17H,6-10H2,(H,19,21). The Hall–Kier alpha value is -2.14. The van der Waals surface area contributed by atoms with Crippen molar-refractivity contribution in [3.05, 3.63) is 42.7 Å². The number of carbonyl (C=O) groups excluding carboxylic acids is 1. The van der Waals surface area contributed by atoms with Gasteiger partial charge in [-0.25, -0.2) is 4.68 Å². The van der Waals surface area contributed by atoms with Gasteiger partial charge in [-0.3, -0.25) is 4.79 Å². The van der Waals surface area contributed by atoms with Gasteiger partial charge in [-0.15, -0.1) is 0 Å². The van der Waals surface area contributed by atoms with Crippen LogP contribution in [0.5, 0.6) is 0 Å². The van der Waals surface area contributed by atoms with E-state index < -0.39 is 0 Å². The highest BCUT2D eigenvalue weighted by Gasteiger charge is 2.15. The second-order valence-corrected chi connectivity index (χ2v) is 5.45. The lowest BCUT2D eigenvalue weighted by molar-refractivity contribution is -0.116. The normalized spacial score (nSPS) is 17.8. The van der Waals surface area contributed by atoms with Gasteiger partial charge in [0.25, 0.3) is 0 Å². The molecule has 1 amide bonds. The molecule has 1 atom stereocenters. The van der Waals surface area contributed by atoms with Crippen LogP contribution < -0.4 is 10.6 Å². The fraction of sp³-hybridized carbons (Fsp3) is 0.375. The lowest BCUT2D eigenvalue weighted by atomic mass is 10.0. The lowest BCUT2D eigenvalue weighted by Gasteiger charge is -2.07. The summed E-state index contributed by atoms with van der Waals surface area (Å²) in [5.41, 5.74) is 1.73. The predicted molar refractivity (Wildman–Crippen MR) is 82.4 cm³/mol. The molecule has 1 aliphatic rings. The maximum atomic E-state index is 11.9. The van der Waals surface area contributed by atoms with Crippen LogP contribution in [-0.4, -0.2) is 28.8 Å². The van der Waals surface area contributed by atoms with Gasteiger partial charge in [-0.05, 0) is 44.0 Å². The van der Waals surface area contributed by atoms with Crippen molar-refractivity contribution in [1.29, 1.82) is 0 Å². The van der Waals surface area contributed by atoms with Crippen molar-refractivity contribution in [2.45, 2.75) is 19.3 Å². The second kappa shape index (κ2) is 6.54. The van der Waals surface area contributed by atoms with Crippen LogP contribution in [0.3, 0.4) is 0 Å². The summed E-state index contributed by atoms with van der Waals surface area (Å²) in [4.78, 5) is 11.9. The number of benzene rings is 1. The quantitative estimate of drug-likeness (QED) is 0.885. The number of nitrogens with one attached hydrogen (secondary N) is 2. The molecule has 2 N–H and O–H groups in total. The van der Waals surface area contributed by atoms with E-state index in [-0.39, 0.29) is 5.91 Å². The summed E-state index contributed by atoms with van der Waals surface area (Å²) in [5, 5.41) is 10.5. The maximum Gasteiger partial charge on any atom is 0.224 e. The van der Waals surface area contributed by atoms with E-state index in [1.165, 1.54) is 6.42 Å². The Labute approximate surface area is 124 Å². The molecule has 3 rings (SSSR count). The highest BCUT2D eigenvalue weighted by atomic mass is 16.1. The van der Waals surface area contributed by atoms with Gasteiger partial charge in [0.1, 0.15) is 0 Å². The number of aromatic nitrogens is 2. The molecule has 0 aliphatic carbocycles. The van der Waals surface area contributed by atoms with E-state index in [0.717, 1.165) is 30.9 Å². The van der Waals surface area contributed by atoms with Gasteiger partial charge in [-0.2, -0.15) is 5.10 Å². The molecule has 5 heteroatoms. The van der Waals surface area contributed by atoms with Gasteiger partial charge in [0.15, 0.2) is 0 Å². The largest absolute Gasteiger partial charge is 0.323 e. The summed E-state index contributed by atoms with van der Waals surface area (Å²) in [6, 6.07) is 9.85. The fourth-order valence-electron chi connectivity index (χ4n) is 2.63. The number of carbonyl (C=O) groups is 1. The zero-order chi connectivity index (χ0) is 14.5. The van der Waals surface area contributed by atoms with Crippen LogP contribution in [0, 0.1) is 5.92 Å². The molecule has 21 heavy (non-hydrogen) atoms. The predicted octanol–water partition coefficient (Wildman–Crippen LogP) is 2.20. The van der Waals surface area contributed by atoms with Crippen molar-refractivity contribution >= 4 is 11.6 Å². The first-order chi connectivity index (χ1) is 10.3. The molecular weight excluding hydrogens is 264 g/mol. The number of amides is 1. The Kier molecular flexibility index (Phi) is 4.31. The van der Waals surface area contributed by atoms with Crippen LogP contribution in [0.1, 0.15) is 19.3 Å². The minimum atomic E-state index is 0.0644. The van der Waals surface area contributed by atoms with Crippen molar-refractivity contribution in [2.24, 2.45) is 5.92 Å². The third-order valence-corrected chi connectivity index (χ3v) is 3.83. The number of nitrogens with zero attached hydrogens (tertiary/aromatic N) is 2. The molecule has 5 nitrogen and oxygen atoms in total. The topological polar surface area (TPSA) is 59.0 Å². The summed E-state index contributed by atoms with van der Waals surface area (Å²) in [6.45, 7) is 2.12. The fourth-order valence-corrected chi connectivity index (χ4v) is 2.63. The van der Waals surface area contributed by atoms with Gasteiger partial charge < -0.3 is 10.6 Å². The van der Waals surface area contributed by atoms with Crippen molar-refractivity contribution in [1.82, 2.24) is 15.1 Å². The number of rotatable bonds is 5. The molecule has 2 heterocycles. The summed E-state index contributed by atoms with van der Waals surface area (Å²) < 4.78 is 1.76. The van der Waals surface area contributed by atoms with Gasteiger partial charge >= 0.3 is 0 Å². The molecule has 1 saturated heterocycles. The van der Waals surface area contributed by atoms with E-state index in [2.05, 4.69) is 15.7 Å². The van der Waals surface area contributed by atoms with Crippen molar-refractivity contribution in [2.75, 3.05) is 18.4 Å². The average molecular weight is 284 g/mol. The van der Waals surface area contributed by atoms with Crippen molar-refractivity contribution in [3.63, 3.8) is 0 Å². The number of para-hydroxylation sites is 1. The monoisotopic (exact) mass is 284 g/mol. The minimum absolute atomic E-state index is 0.0644. The second-order valence-electron chi connectivity index (χ2n) is 5.45. The van der Waals surface area contributed by atoms with Gasteiger partial charge in [0, 0.05) is 6.42 Å². The lowest BCUT2D eigenvalue weighted by Crippen LogP contribution is -2.14. The molecule has 2 aromatic rings. The Morgan fingerprint density at radius 1 is 1.38 bits per heavy atom. The van der Waals surface area contributed by atoms with E-state index in [9.17, 15) is 4.79 Å². The maximum absolute atomic E-state index is 11.9. The Morgan fingerprint density at radius 3 is 3.00 bits per heavy atom. The molecule has 0 bridgehead atoms. The van der Waals surface area contributed by atoms with Crippen molar-refractivity contribution in [3.8, 4) is 5.69 Å². The highest BCUT2D eigenvalue weighted by molar-refractivity contribution is 5.90. The Balaban J connectivity index is 1.53. The van der Waals surface area contributed by atoms with Crippen LogP contribution in [0.2, 0.25) is 0 Å². The molecule has 1 fully saturated rings. The Morgan fingerprint density at radius 2 is 2.24 bits per heavy atom. The molecule has 110 valence electrons. The summed E-state index contributed by atoms with van der Waals surface area (Å²) in [5.74, 6) is 0.706. The molecule has 1 aromatic heterocycles. The number of hydrogen-bond donors (Lipinski definition) is 2. The van der Waals surface area contributed by atoms with E-state index in [1.54, 1.807) is 10.9 Å². The van der Waals surface area contributed by atoms with Crippen molar-refractivity contribution < 1.29 is 4.79 Å². The van der Waals surface area contributed by atoms with Crippen LogP contribution >= 0.6 is 0 Å². The van der Waals surface area contributed by atoms with Crippen LogP contribution in [0.4, 0.5) is 5.69 Å². The van der Waals surface area contributed by atoms with Gasteiger partial charge in [0.05, 0.1) is 23.8 Å². The van der Waals surface area contributed by atoms with E-state index in [0.29, 0.717) is 12.3 Å². The van der Waals surface area contributed by atoms with Crippen LogP contribution in [-0.2, 0) is 4.79 Å². The van der Waals surface area contributed by atoms with E-state index in [4.69, 9.17) is 0 Å². The first kappa shape index (κ1) is 13.8. The smallest absolute Gasteiger partial charge is 0.224 e. The molecule has 0 radical (unpaired) electrons. The van der Waals surface area contributed by atoms with E-state index >= 15 is 0 Å². The Bertz CT molecular complexity index is 587. The molecule has 0 spiro atoms. The molecule has 1 aromatic carbocycles. The number of anilines is 1. The summed E-state index contributed by atoms with van der Waals surface area (Å²) in [7, 11) is 0. The molecule has 1 aliphatic heterocycles. The van der Waals surface area contributed by atoms with Crippen LogP contribution in [0.25, 0.3) is 5.69 Å². The first-order valence-corrected chi connectivity index (χ1v) is 7.42. The third-order valence-electron chi connectivity index (χ3n) is 3.83. The van der Waals surface area contributed by atoms with Gasteiger partial charge in [-0.1, -0.05) is 18.2 Å². The molecule has 1 unspecified atom stereocenters. The van der Waals surface area contributed by atoms with Gasteiger partial charge in [0.2, 0.25) is 5.91 Å². The zero-order valence-corrected chi connectivity index (χ0v) is 12.0. The molecule has 0 saturated carbocycles. The average Bonchev–Trinajstić information content (AvgIpc) is 3.17. The first-order valence-electron chi connectivity index (χ1n) is 7.42. The van der Waals surface area contributed by atoms with Crippen LogP contribution in [0.15, 0.2) is 42.7 Å². The number of hydrogen-bond acceptors (Lipinski definition) is 3. The molecular formula is C16H20N4O. The summed E-state index contributed by atoms with van der Waals surface area (Å²) >= 11 is 0. The highest BCUT2D eigenvalue weighted by Crippen LogP contribution is 2.16. The van der Waals surface area contributed by atoms with E-state index in [1.807, 2.05) is 36.5 Å². The zero-order valence-electron chi connectivity index (χ0n) is 12.0. The minimum Gasteiger partial charge on any atom is -0.323 e.